The molecule has 7 amide bonds. The van der Waals surface area contributed by atoms with Crippen LogP contribution in [0.1, 0.15) is 58.1 Å². The van der Waals surface area contributed by atoms with Gasteiger partial charge in [-0.3, -0.25) is 38.4 Å². The average molecular weight is 931 g/mol. The van der Waals surface area contributed by atoms with Crippen LogP contribution in [0.2, 0.25) is 0 Å². The fraction of sp³-hybridized carbons (Fsp3) is 0.535. The van der Waals surface area contributed by atoms with Crippen molar-refractivity contribution in [1.82, 2.24) is 37.2 Å². The number of hydrogen-bond donors (Lipinski definition) is 11. The minimum atomic E-state index is -1.77. The van der Waals surface area contributed by atoms with E-state index in [1.165, 1.54) is 30.8 Å². The highest BCUT2D eigenvalue weighted by Gasteiger charge is 2.37. The molecule has 2 aromatic rings. The molecule has 19 nitrogen and oxygen atoms in total. The summed E-state index contributed by atoms with van der Waals surface area (Å²) in [7, 11) is 0. The monoisotopic (exact) mass is 930 g/mol. The molecule has 1 fully saturated rings. The van der Waals surface area contributed by atoms with Gasteiger partial charge in [-0.1, -0.05) is 81.4 Å². The number of phenolic OH excluding ortho intramolecular Hbond substituents is 1. The molecule has 0 unspecified atom stereocenters. The molecular weight excluding hydrogens is 869 g/mol. The van der Waals surface area contributed by atoms with Crippen molar-refractivity contribution < 1.29 is 53.7 Å². The molecule has 0 aliphatic carbocycles. The zero-order valence-corrected chi connectivity index (χ0v) is 38.3. The Morgan fingerprint density at radius 2 is 1.44 bits per heavy atom. The van der Waals surface area contributed by atoms with Crippen LogP contribution in [0.3, 0.4) is 0 Å². The van der Waals surface area contributed by atoms with Gasteiger partial charge in [-0.2, -0.15) is 11.8 Å². The summed E-state index contributed by atoms with van der Waals surface area (Å²) in [5.41, 5.74) is 7.32. The predicted molar refractivity (Wildman–Crippen MR) is 242 cm³/mol. The Hall–Kier alpha value is -5.22. The largest absolute Gasteiger partial charge is 0.508 e. The Morgan fingerprint density at radius 3 is 2.03 bits per heavy atom. The van der Waals surface area contributed by atoms with E-state index in [4.69, 9.17) is 5.73 Å². The van der Waals surface area contributed by atoms with E-state index in [1.54, 1.807) is 56.3 Å². The smallest absolute Gasteiger partial charge is 0.245 e. The molecule has 2 aromatic carbocycles. The van der Waals surface area contributed by atoms with Crippen molar-refractivity contribution in [3.05, 3.63) is 65.7 Å². The van der Waals surface area contributed by atoms with E-state index in [9.17, 15) is 53.7 Å². The van der Waals surface area contributed by atoms with Crippen LogP contribution in [0.4, 0.5) is 0 Å². The summed E-state index contributed by atoms with van der Waals surface area (Å²) in [5.74, 6) is -6.31. The molecule has 3 rings (SSSR count). The van der Waals surface area contributed by atoms with Crippen molar-refractivity contribution in [2.45, 2.75) is 114 Å². The maximum atomic E-state index is 14.0. The van der Waals surface area contributed by atoms with Crippen LogP contribution in [0.25, 0.3) is 0 Å². The number of aliphatic hydroxyl groups is 2. The molecule has 21 heteroatoms. The normalized spacial score (nSPS) is 22.6. The topological polar surface area (TPSA) is 307 Å². The molecule has 352 valence electrons. The van der Waals surface area contributed by atoms with E-state index in [1.807, 2.05) is 13.2 Å². The summed E-state index contributed by atoms with van der Waals surface area (Å²) in [6.07, 6.45) is 0.957. The number of benzene rings is 2. The van der Waals surface area contributed by atoms with Crippen molar-refractivity contribution in [2.24, 2.45) is 11.7 Å². The Balaban J connectivity index is 1.92. The van der Waals surface area contributed by atoms with Gasteiger partial charge in [-0.15, -0.1) is 0 Å². The van der Waals surface area contributed by atoms with Crippen molar-refractivity contribution in [3.63, 3.8) is 0 Å². The lowest BCUT2D eigenvalue weighted by molar-refractivity contribution is -0.137. The highest BCUT2D eigenvalue weighted by atomic mass is 32.2. The van der Waals surface area contributed by atoms with Crippen molar-refractivity contribution in [1.29, 1.82) is 0 Å². The third kappa shape index (κ3) is 16.4. The van der Waals surface area contributed by atoms with Gasteiger partial charge in [0.15, 0.2) is 0 Å². The van der Waals surface area contributed by atoms with Gasteiger partial charge in [-0.25, -0.2) is 0 Å². The molecule has 1 heterocycles. The second-order valence-electron chi connectivity index (χ2n) is 15.6. The highest BCUT2D eigenvalue weighted by molar-refractivity contribution is 8.13. The maximum absolute atomic E-state index is 14.0. The SMILES string of the molecule is CC[C@@H]1NC(=O)[C@@H](NC(=O)[C@@H](NC(=O)[C@H](CO)NC(=O)[C@@H](N)Cc2ccc(O)cc2)[C@@H](C)O)CSC(=O)[C@@H](CCSC)NC(=O)[C@H]([C@@H](C)CC)NC(=O)[C@@H](Cc2ccccc2)NC1=O. The van der Waals surface area contributed by atoms with Crippen LogP contribution in [0, 0.1) is 5.92 Å². The zero-order chi connectivity index (χ0) is 47.5. The first kappa shape index (κ1) is 53.1. The van der Waals surface area contributed by atoms with Gasteiger partial charge in [0, 0.05) is 12.2 Å². The standard InChI is InChI=1S/C43H62N8O11S2/c1-6-23(3)34-41(60)46-30(17-18-63-5)43(62)64-22-33(40(59)45-29(7-2)37(56)47-31(38(57)50-34)20-25-11-9-8-10-12-25)49-42(61)35(24(4)53)51-39(58)32(21-52)48-36(55)28(44)19-26-13-15-27(54)16-14-26/h8-16,23-24,28-35,52-54H,6-7,17-22,44H2,1-5H3,(H,45,59)(H,46,60)(H,47,56)(H,48,55)(H,49,61)(H,50,57)(H,51,58)/t23-,24+,28-,29-,30+,31+,32-,33-,34-,35-/m0/s1. The predicted octanol–water partition coefficient (Wildman–Crippen LogP) is -1.25. The molecule has 0 aromatic heterocycles. The Bertz CT molecular complexity index is 1910. The van der Waals surface area contributed by atoms with E-state index in [2.05, 4.69) is 37.2 Å². The van der Waals surface area contributed by atoms with E-state index in [-0.39, 0.29) is 37.4 Å². The lowest BCUT2D eigenvalue weighted by Crippen LogP contribution is -2.63. The summed E-state index contributed by atoms with van der Waals surface area (Å²) in [5, 5.41) is 47.6. The fourth-order valence-corrected chi connectivity index (χ4v) is 7.89. The number of hydrogen-bond acceptors (Lipinski definition) is 14. The number of carbonyl (C=O) groups is 8. The lowest BCUT2D eigenvalue weighted by Gasteiger charge is -2.30. The number of nitrogens with one attached hydrogen (secondary N) is 7. The Labute approximate surface area is 381 Å². The quantitative estimate of drug-likeness (QED) is 0.0834. The maximum Gasteiger partial charge on any atom is 0.245 e. The van der Waals surface area contributed by atoms with Gasteiger partial charge in [0.05, 0.1) is 24.8 Å². The fourth-order valence-electron chi connectivity index (χ4n) is 6.48. The summed E-state index contributed by atoms with van der Waals surface area (Å²) < 4.78 is 0. The molecule has 10 atom stereocenters. The molecule has 1 aliphatic rings. The van der Waals surface area contributed by atoms with E-state index < -0.39 is 113 Å². The van der Waals surface area contributed by atoms with Gasteiger partial charge in [-0.05, 0) is 67.4 Å². The summed E-state index contributed by atoms with van der Waals surface area (Å²) in [6.45, 7) is 5.47. The van der Waals surface area contributed by atoms with E-state index in [0.29, 0.717) is 35.1 Å². The average Bonchev–Trinajstić information content (AvgIpc) is 3.27. The summed E-state index contributed by atoms with van der Waals surface area (Å²) in [4.78, 5) is 110. The molecule has 0 radical (unpaired) electrons. The highest BCUT2D eigenvalue weighted by Crippen LogP contribution is 2.17. The number of aliphatic hydroxyl groups excluding tert-OH is 2. The third-order valence-corrected chi connectivity index (χ3v) is 12.3. The molecule has 0 bridgehead atoms. The van der Waals surface area contributed by atoms with Crippen LogP contribution in [0.15, 0.2) is 54.6 Å². The van der Waals surface area contributed by atoms with Crippen molar-refractivity contribution in [3.8, 4) is 5.75 Å². The molecule has 1 saturated heterocycles. The van der Waals surface area contributed by atoms with Gasteiger partial charge in [0.2, 0.25) is 46.5 Å². The van der Waals surface area contributed by atoms with Crippen LogP contribution in [-0.2, 0) is 51.2 Å². The Kier molecular flexibility index (Phi) is 22.0. The molecule has 0 spiro atoms. The first-order chi connectivity index (χ1) is 30.4. The number of rotatable bonds is 18. The number of phenols is 1. The van der Waals surface area contributed by atoms with E-state index >= 15 is 0 Å². The molecule has 0 saturated carbocycles. The summed E-state index contributed by atoms with van der Waals surface area (Å²) in [6, 6.07) is 4.01. The van der Waals surface area contributed by atoms with Crippen molar-refractivity contribution in [2.75, 3.05) is 24.4 Å². The number of thioether (sulfide) groups is 2. The van der Waals surface area contributed by atoms with E-state index in [0.717, 1.165) is 0 Å². The Morgan fingerprint density at radius 1 is 0.812 bits per heavy atom. The molecule has 12 N–H and O–H groups in total. The van der Waals surface area contributed by atoms with Gasteiger partial charge < -0.3 is 58.3 Å². The lowest BCUT2D eigenvalue weighted by atomic mass is 9.96. The number of carbonyl (C=O) groups excluding carboxylic acids is 8. The van der Waals surface area contributed by atoms with Crippen molar-refractivity contribution >= 4 is 70.0 Å². The molecule has 64 heavy (non-hydrogen) atoms. The minimum absolute atomic E-state index is 0.00811. The number of amides is 7. The number of nitrogens with two attached hydrogens (primary N) is 1. The molecular formula is C43H62N8O11S2. The molecule has 1 aliphatic heterocycles. The second-order valence-corrected chi connectivity index (χ2v) is 17.6. The summed E-state index contributed by atoms with van der Waals surface area (Å²) >= 11 is 2.05. The van der Waals surface area contributed by atoms with Crippen LogP contribution >= 0.6 is 23.5 Å². The van der Waals surface area contributed by atoms with Gasteiger partial charge >= 0.3 is 0 Å². The first-order valence-corrected chi connectivity index (χ1v) is 23.4. The zero-order valence-electron chi connectivity index (χ0n) is 36.6. The van der Waals surface area contributed by atoms with Crippen LogP contribution in [-0.4, -0.2) is 141 Å². The van der Waals surface area contributed by atoms with Gasteiger partial charge in [0.25, 0.3) is 0 Å². The second kappa shape index (κ2) is 26.5. The van der Waals surface area contributed by atoms with Crippen LogP contribution < -0.4 is 43.0 Å². The van der Waals surface area contributed by atoms with Gasteiger partial charge in [0.1, 0.15) is 42.0 Å². The number of aromatic hydroxyl groups is 1. The first-order valence-electron chi connectivity index (χ1n) is 21.1. The third-order valence-electron chi connectivity index (χ3n) is 10.6. The van der Waals surface area contributed by atoms with Crippen LogP contribution in [0.5, 0.6) is 5.75 Å². The minimum Gasteiger partial charge on any atom is -0.508 e.